The first-order chi connectivity index (χ1) is 17.9. The Morgan fingerprint density at radius 2 is 1.32 bits per heavy atom. The Labute approximate surface area is 215 Å². The van der Waals surface area contributed by atoms with E-state index >= 15 is 0 Å². The number of carbonyl (C=O) groups is 2. The minimum atomic E-state index is -0.665. The normalized spacial score (nSPS) is 16.8. The molecule has 0 unspecified atom stereocenters. The summed E-state index contributed by atoms with van der Waals surface area (Å²) in [5, 5.41) is 2.94. The molecule has 0 saturated carbocycles. The monoisotopic (exact) mass is 506 g/mol. The van der Waals surface area contributed by atoms with Crippen molar-refractivity contribution >= 4 is 23.2 Å². The van der Waals surface area contributed by atoms with Crippen LogP contribution in [0.4, 0.5) is 11.4 Å². The van der Waals surface area contributed by atoms with E-state index in [1.54, 1.807) is 43.4 Å². The highest BCUT2D eigenvalue weighted by Crippen LogP contribution is 2.44. The van der Waals surface area contributed by atoms with Crippen LogP contribution in [0.1, 0.15) is 18.0 Å². The van der Waals surface area contributed by atoms with E-state index in [1.807, 2.05) is 36.4 Å². The lowest BCUT2D eigenvalue weighted by Crippen LogP contribution is -2.32. The molecule has 1 saturated heterocycles. The number of hydrogen-bond acceptors (Lipinski definition) is 7. The summed E-state index contributed by atoms with van der Waals surface area (Å²) in [6.07, 6.45) is 0.0407. The third kappa shape index (κ3) is 5.11. The summed E-state index contributed by atoms with van der Waals surface area (Å²) in [5.74, 6) is 1.46. The average molecular weight is 507 g/mol. The van der Waals surface area contributed by atoms with Crippen LogP contribution < -0.4 is 33.9 Å². The number of nitrogens with zero attached hydrogens (tertiary/aromatic N) is 1. The molecule has 37 heavy (non-hydrogen) atoms. The van der Waals surface area contributed by atoms with Crippen molar-refractivity contribution in [1.29, 1.82) is 0 Å². The van der Waals surface area contributed by atoms with Crippen molar-refractivity contribution in [3.63, 3.8) is 0 Å². The van der Waals surface area contributed by atoms with Crippen molar-refractivity contribution in [3.05, 3.63) is 66.2 Å². The Morgan fingerprint density at radius 3 is 1.81 bits per heavy atom. The van der Waals surface area contributed by atoms with E-state index < -0.39 is 12.0 Å². The van der Waals surface area contributed by atoms with E-state index in [4.69, 9.17) is 23.7 Å². The van der Waals surface area contributed by atoms with Crippen LogP contribution in [0.3, 0.4) is 0 Å². The Kier molecular flexibility index (Phi) is 7.71. The van der Waals surface area contributed by atoms with E-state index in [0.717, 1.165) is 5.56 Å². The first-order valence-electron chi connectivity index (χ1n) is 11.6. The van der Waals surface area contributed by atoms with E-state index in [2.05, 4.69) is 5.32 Å². The Morgan fingerprint density at radius 1 is 0.784 bits per heavy atom. The molecule has 3 aromatic rings. The maximum atomic E-state index is 13.7. The fourth-order valence-corrected chi connectivity index (χ4v) is 4.59. The van der Waals surface area contributed by atoms with Gasteiger partial charge in [-0.05, 0) is 42.0 Å². The number of methoxy groups -OCH3 is 5. The van der Waals surface area contributed by atoms with Crippen LogP contribution >= 0.6 is 0 Å². The van der Waals surface area contributed by atoms with Crippen LogP contribution in [0.25, 0.3) is 0 Å². The molecule has 0 radical (unpaired) electrons. The summed E-state index contributed by atoms with van der Waals surface area (Å²) in [6.45, 7) is 0. The molecule has 3 aromatic carbocycles. The Balaban J connectivity index is 1.71. The number of rotatable bonds is 9. The fourth-order valence-electron chi connectivity index (χ4n) is 4.59. The zero-order valence-electron chi connectivity index (χ0n) is 21.4. The van der Waals surface area contributed by atoms with Crippen LogP contribution in [0.2, 0.25) is 0 Å². The predicted molar refractivity (Wildman–Crippen MR) is 139 cm³/mol. The molecule has 1 N–H and O–H groups in total. The van der Waals surface area contributed by atoms with Gasteiger partial charge in [0.25, 0.3) is 0 Å². The van der Waals surface area contributed by atoms with Gasteiger partial charge in [0.2, 0.25) is 17.6 Å². The average Bonchev–Trinajstić information content (AvgIpc) is 3.29. The highest BCUT2D eigenvalue weighted by molar-refractivity contribution is 6.05. The van der Waals surface area contributed by atoms with Gasteiger partial charge >= 0.3 is 0 Å². The van der Waals surface area contributed by atoms with Gasteiger partial charge in [-0.25, -0.2) is 0 Å². The zero-order chi connectivity index (χ0) is 26.5. The van der Waals surface area contributed by atoms with E-state index in [0.29, 0.717) is 40.1 Å². The van der Waals surface area contributed by atoms with Gasteiger partial charge in [-0.3, -0.25) is 9.59 Å². The van der Waals surface area contributed by atoms with Crippen molar-refractivity contribution < 1.29 is 33.3 Å². The second-order valence-electron chi connectivity index (χ2n) is 8.39. The number of anilines is 2. The highest BCUT2D eigenvalue weighted by atomic mass is 16.5. The topological polar surface area (TPSA) is 95.6 Å². The predicted octanol–water partition coefficient (Wildman–Crippen LogP) is 4.46. The molecule has 2 atom stereocenters. The number of benzene rings is 3. The molecule has 9 nitrogen and oxygen atoms in total. The van der Waals surface area contributed by atoms with Gasteiger partial charge in [-0.2, -0.15) is 0 Å². The van der Waals surface area contributed by atoms with Crippen LogP contribution in [-0.4, -0.2) is 47.4 Å². The largest absolute Gasteiger partial charge is 0.497 e. The lowest BCUT2D eigenvalue weighted by molar-refractivity contribution is -0.122. The molecule has 0 bridgehead atoms. The molecule has 0 aliphatic carbocycles. The van der Waals surface area contributed by atoms with Crippen LogP contribution in [0, 0.1) is 5.92 Å². The summed E-state index contributed by atoms with van der Waals surface area (Å²) in [5.41, 5.74) is 1.95. The summed E-state index contributed by atoms with van der Waals surface area (Å²) in [4.78, 5) is 28.6. The number of ether oxygens (including phenoxy) is 5. The van der Waals surface area contributed by atoms with Crippen LogP contribution in [-0.2, 0) is 9.59 Å². The van der Waals surface area contributed by atoms with Gasteiger partial charge in [0.15, 0.2) is 11.5 Å². The molecule has 9 heteroatoms. The fraction of sp³-hybridized carbons (Fsp3) is 0.286. The van der Waals surface area contributed by atoms with Crippen LogP contribution in [0.5, 0.6) is 28.7 Å². The molecule has 2 amide bonds. The smallest absolute Gasteiger partial charge is 0.230 e. The lowest BCUT2D eigenvalue weighted by Gasteiger charge is -2.28. The second-order valence-corrected chi connectivity index (χ2v) is 8.39. The number of amides is 2. The molecule has 4 rings (SSSR count). The van der Waals surface area contributed by atoms with E-state index in [9.17, 15) is 9.59 Å². The molecule has 1 aliphatic rings. The van der Waals surface area contributed by atoms with Crippen molar-refractivity contribution in [1.82, 2.24) is 0 Å². The molecule has 1 fully saturated rings. The van der Waals surface area contributed by atoms with Crippen molar-refractivity contribution in [2.45, 2.75) is 12.5 Å². The molecule has 0 spiro atoms. The minimum absolute atomic E-state index is 0.0407. The van der Waals surface area contributed by atoms with Gasteiger partial charge in [0.1, 0.15) is 11.5 Å². The van der Waals surface area contributed by atoms with Crippen molar-refractivity contribution in [2.24, 2.45) is 5.92 Å². The van der Waals surface area contributed by atoms with Gasteiger partial charge in [-0.15, -0.1) is 0 Å². The molecule has 0 aromatic heterocycles. The van der Waals surface area contributed by atoms with E-state index in [-0.39, 0.29) is 18.2 Å². The van der Waals surface area contributed by atoms with E-state index in [1.165, 1.54) is 21.3 Å². The summed E-state index contributed by atoms with van der Waals surface area (Å²) in [7, 11) is 7.69. The summed E-state index contributed by atoms with van der Waals surface area (Å²) >= 11 is 0. The Hall–Kier alpha value is -4.40. The molecule has 1 aliphatic heterocycles. The lowest BCUT2D eigenvalue weighted by atomic mass is 9.92. The third-order valence-electron chi connectivity index (χ3n) is 6.40. The SMILES string of the molecule is COc1ccc([C@H]2[C@@H](C(=O)Nc3cc(OC)c(OC)c(OC)c3)CC(=O)N2c2ccc(OC)cc2)cc1. The second kappa shape index (κ2) is 11.1. The van der Waals surface area contributed by atoms with Gasteiger partial charge < -0.3 is 33.9 Å². The van der Waals surface area contributed by atoms with Crippen molar-refractivity contribution in [2.75, 3.05) is 45.8 Å². The maximum absolute atomic E-state index is 13.7. The maximum Gasteiger partial charge on any atom is 0.230 e. The summed E-state index contributed by atoms with van der Waals surface area (Å²) in [6, 6.07) is 17.4. The number of hydrogen-bond donors (Lipinski definition) is 1. The van der Waals surface area contributed by atoms with Gasteiger partial charge in [0, 0.05) is 29.9 Å². The van der Waals surface area contributed by atoms with Gasteiger partial charge in [-0.1, -0.05) is 12.1 Å². The van der Waals surface area contributed by atoms with Crippen LogP contribution in [0.15, 0.2) is 60.7 Å². The molecule has 194 valence electrons. The summed E-state index contributed by atoms with van der Waals surface area (Å²) < 4.78 is 26.8. The molecular formula is C28H30N2O7. The number of nitrogens with one attached hydrogen (secondary N) is 1. The third-order valence-corrected chi connectivity index (χ3v) is 6.40. The Bertz CT molecular complexity index is 1230. The molecule has 1 heterocycles. The quantitative estimate of drug-likeness (QED) is 0.458. The van der Waals surface area contributed by atoms with Gasteiger partial charge in [0.05, 0.1) is 47.5 Å². The first kappa shape index (κ1) is 25.7. The standard InChI is InChI=1S/C28H30N2O7/c1-33-20-10-6-17(7-11-20)26-22(16-25(31)30(26)19-8-12-21(34-2)13-9-19)28(32)29-18-14-23(35-3)27(37-5)24(15-18)36-4/h6-15,22,26H,16H2,1-5H3,(H,29,32)/t22-,26-/m0/s1. The minimum Gasteiger partial charge on any atom is -0.497 e. The zero-order valence-corrected chi connectivity index (χ0v) is 21.4. The molecular weight excluding hydrogens is 476 g/mol. The highest BCUT2D eigenvalue weighted by Gasteiger charge is 2.45. The first-order valence-corrected chi connectivity index (χ1v) is 11.6. The number of carbonyl (C=O) groups excluding carboxylic acids is 2. The van der Waals surface area contributed by atoms with Crippen molar-refractivity contribution in [3.8, 4) is 28.7 Å².